The van der Waals surface area contributed by atoms with Crippen molar-refractivity contribution in [3.63, 3.8) is 0 Å². The Morgan fingerprint density at radius 1 is 1.25 bits per heavy atom. The number of hydrogen-bond donors (Lipinski definition) is 1. The summed E-state index contributed by atoms with van der Waals surface area (Å²) in [7, 11) is 0. The van der Waals surface area contributed by atoms with Crippen LogP contribution >= 0.6 is 43.5 Å². The first-order chi connectivity index (χ1) is 13.4. The Hall–Kier alpha value is -1.84. The van der Waals surface area contributed by atoms with Gasteiger partial charge in [-0.05, 0) is 53.5 Å². The first kappa shape index (κ1) is 20.9. The minimum absolute atomic E-state index is 0.155. The van der Waals surface area contributed by atoms with E-state index in [1.807, 2.05) is 23.9 Å². The van der Waals surface area contributed by atoms with Crippen molar-refractivity contribution in [3.8, 4) is 5.75 Å². The molecule has 0 atom stereocenters. The molecule has 0 aliphatic carbocycles. The highest BCUT2D eigenvalue weighted by Gasteiger charge is 2.10. The molecule has 0 spiro atoms. The molecule has 0 bridgehead atoms. The molecule has 3 aromatic rings. The molecule has 2 aromatic heterocycles. The molecule has 0 saturated heterocycles. The molecule has 0 saturated carbocycles. The predicted molar refractivity (Wildman–Crippen MR) is 114 cm³/mol. The van der Waals surface area contributed by atoms with Crippen LogP contribution in [0, 0.1) is 6.92 Å². The van der Waals surface area contributed by atoms with Gasteiger partial charge in [-0.3, -0.25) is 9.48 Å². The van der Waals surface area contributed by atoms with Crippen LogP contribution in [0.5, 0.6) is 5.75 Å². The summed E-state index contributed by atoms with van der Waals surface area (Å²) in [6.45, 7) is 3.35. The number of benzene rings is 1. The van der Waals surface area contributed by atoms with Crippen LogP contribution in [0.15, 0.2) is 45.6 Å². The Morgan fingerprint density at radius 3 is 2.79 bits per heavy atom. The summed E-state index contributed by atoms with van der Waals surface area (Å²) in [5.41, 5.74) is 1.28. The summed E-state index contributed by atoms with van der Waals surface area (Å²) in [6, 6.07) is 7.01. The minimum atomic E-state index is -0.224. The zero-order chi connectivity index (χ0) is 20.1. The summed E-state index contributed by atoms with van der Waals surface area (Å²) >= 11 is 12.9. The fraction of sp³-hybridized carbons (Fsp3) is 0.278. The third-order valence-corrected chi connectivity index (χ3v) is 5.42. The van der Waals surface area contributed by atoms with E-state index in [2.05, 4.69) is 47.4 Å². The number of carbonyl (C=O) groups excluding carboxylic acids is 1. The van der Waals surface area contributed by atoms with Crippen molar-refractivity contribution in [1.29, 1.82) is 0 Å². The summed E-state index contributed by atoms with van der Waals surface area (Å²) in [4.78, 5) is 12.2. The third-order valence-electron chi connectivity index (χ3n) is 3.86. The topological polar surface area (TPSA) is 74.0 Å². The Labute approximate surface area is 184 Å². The third kappa shape index (κ3) is 5.59. The lowest BCUT2D eigenvalue weighted by Crippen LogP contribution is -2.26. The summed E-state index contributed by atoms with van der Waals surface area (Å²) in [6.07, 6.45) is 4.38. The molecule has 1 aromatic carbocycles. The quantitative estimate of drug-likeness (QED) is 0.437. The predicted octanol–water partition coefficient (Wildman–Crippen LogP) is 4.42. The number of halogens is 3. The average molecular weight is 532 g/mol. The smallest absolute Gasteiger partial charge is 0.271 e. The molecule has 1 amide bonds. The molecule has 0 aliphatic rings. The average Bonchev–Trinajstić information content (AvgIpc) is 3.25. The summed E-state index contributed by atoms with van der Waals surface area (Å²) in [5, 5.41) is 11.9. The van der Waals surface area contributed by atoms with Crippen molar-refractivity contribution in [1.82, 2.24) is 24.9 Å². The fourth-order valence-corrected chi connectivity index (χ4v) is 3.47. The monoisotopic (exact) mass is 529 g/mol. The van der Waals surface area contributed by atoms with Crippen molar-refractivity contribution in [2.24, 2.45) is 0 Å². The Kier molecular flexibility index (Phi) is 7.14. The maximum Gasteiger partial charge on any atom is 0.271 e. The van der Waals surface area contributed by atoms with E-state index in [0.717, 1.165) is 27.6 Å². The van der Waals surface area contributed by atoms with Gasteiger partial charge in [-0.15, -0.1) is 0 Å². The van der Waals surface area contributed by atoms with Gasteiger partial charge in [-0.1, -0.05) is 27.5 Å². The summed E-state index contributed by atoms with van der Waals surface area (Å²) in [5.74, 6) is 0.324. The molecule has 28 heavy (non-hydrogen) atoms. The Bertz CT molecular complexity index is 953. The van der Waals surface area contributed by atoms with Gasteiger partial charge in [0.1, 0.15) is 11.4 Å². The fourth-order valence-electron chi connectivity index (χ4n) is 2.42. The maximum atomic E-state index is 12.2. The lowest BCUT2D eigenvalue weighted by atomic mass is 10.3. The van der Waals surface area contributed by atoms with Crippen LogP contribution in [0.3, 0.4) is 0 Å². The zero-order valence-electron chi connectivity index (χ0n) is 15.0. The van der Waals surface area contributed by atoms with E-state index in [0.29, 0.717) is 23.0 Å². The number of rotatable bonds is 8. The maximum absolute atomic E-state index is 12.2. The van der Waals surface area contributed by atoms with Gasteiger partial charge in [0.05, 0.1) is 15.2 Å². The van der Waals surface area contributed by atoms with Gasteiger partial charge in [0.15, 0.2) is 6.73 Å². The summed E-state index contributed by atoms with van der Waals surface area (Å²) < 4.78 is 10.9. The van der Waals surface area contributed by atoms with Crippen LogP contribution in [0.4, 0.5) is 0 Å². The first-order valence-corrected chi connectivity index (χ1v) is 10.5. The molecule has 2 heterocycles. The normalized spacial score (nSPS) is 10.9. The van der Waals surface area contributed by atoms with Gasteiger partial charge in [0.25, 0.3) is 5.91 Å². The first-order valence-electron chi connectivity index (χ1n) is 8.51. The number of carbonyl (C=O) groups is 1. The van der Waals surface area contributed by atoms with Gasteiger partial charge in [0, 0.05) is 30.0 Å². The number of hydrogen-bond acceptors (Lipinski definition) is 4. The molecule has 1 N–H and O–H groups in total. The van der Waals surface area contributed by atoms with Crippen molar-refractivity contribution in [2.45, 2.75) is 26.6 Å². The van der Waals surface area contributed by atoms with E-state index in [1.165, 1.54) is 4.68 Å². The number of nitrogens with one attached hydrogen (secondary N) is 1. The second-order valence-electron chi connectivity index (χ2n) is 6.02. The van der Waals surface area contributed by atoms with Crippen molar-refractivity contribution in [3.05, 3.63) is 62.0 Å². The highest BCUT2D eigenvalue weighted by atomic mass is 79.9. The van der Waals surface area contributed by atoms with Gasteiger partial charge in [-0.25, -0.2) is 4.68 Å². The van der Waals surface area contributed by atoms with Gasteiger partial charge >= 0.3 is 0 Å². The molecule has 0 unspecified atom stereocenters. The van der Waals surface area contributed by atoms with Gasteiger partial charge in [0.2, 0.25) is 0 Å². The SMILES string of the molecule is Cc1nn(CCCNC(=O)c2ccn(COc3ccc(Br)cc3Cl)n2)cc1Br. The molecule has 148 valence electrons. The van der Waals surface area contributed by atoms with Gasteiger partial charge in [-0.2, -0.15) is 10.2 Å². The van der Waals surface area contributed by atoms with E-state index < -0.39 is 0 Å². The van der Waals surface area contributed by atoms with E-state index >= 15 is 0 Å². The number of ether oxygens (including phenoxy) is 1. The molecule has 0 fully saturated rings. The molecular weight excluding hydrogens is 513 g/mol. The number of aryl methyl sites for hydroxylation is 2. The minimum Gasteiger partial charge on any atom is -0.470 e. The van der Waals surface area contributed by atoms with Crippen LogP contribution < -0.4 is 10.1 Å². The molecule has 3 rings (SSSR count). The van der Waals surface area contributed by atoms with Crippen LogP contribution in [0.1, 0.15) is 22.6 Å². The Morgan fingerprint density at radius 2 is 2.07 bits per heavy atom. The van der Waals surface area contributed by atoms with Crippen LogP contribution in [0.2, 0.25) is 5.02 Å². The lowest BCUT2D eigenvalue weighted by molar-refractivity contribution is 0.0945. The number of nitrogens with zero attached hydrogens (tertiary/aromatic N) is 4. The molecule has 10 heteroatoms. The van der Waals surface area contributed by atoms with Crippen molar-refractivity contribution >= 4 is 49.4 Å². The second-order valence-corrected chi connectivity index (χ2v) is 8.20. The van der Waals surface area contributed by atoms with Crippen molar-refractivity contribution < 1.29 is 9.53 Å². The van der Waals surface area contributed by atoms with Crippen LogP contribution in [0.25, 0.3) is 0 Å². The largest absolute Gasteiger partial charge is 0.470 e. The molecule has 0 aliphatic heterocycles. The van der Waals surface area contributed by atoms with E-state index in [1.54, 1.807) is 24.4 Å². The van der Waals surface area contributed by atoms with E-state index in [4.69, 9.17) is 16.3 Å². The standard InChI is InChI=1S/C18H18Br2ClN5O2/c1-12-14(20)10-25(23-12)7-2-6-22-18(27)16-5-8-26(24-16)11-28-17-4-3-13(19)9-15(17)21/h3-5,8-10H,2,6-7,11H2,1H3,(H,22,27). The second kappa shape index (κ2) is 9.58. The number of aromatic nitrogens is 4. The zero-order valence-corrected chi connectivity index (χ0v) is 19.0. The number of amides is 1. The van der Waals surface area contributed by atoms with E-state index in [-0.39, 0.29) is 12.6 Å². The molecule has 7 nitrogen and oxygen atoms in total. The van der Waals surface area contributed by atoms with Crippen molar-refractivity contribution in [2.75, 3.05) is 6.54 Å². The molecule has 0 radical (unpaired) electrons. The lowest BCUT2D eigenvalue weighted by Gasteiger charge is -2.08. The van der Waals surface area contributed by atoms with E-state index in [9.17, 15) is 4.79 Å². The molecular formula is C18H18Br2ClN5O2. The van der Waals surface area contributed by atoms with Crippen LogP contribution in [-0.4, -0.2) is 32.0 Å². The van der Waals surface area contributed by atoms with Crippen LogP contribution in [-0.2, 0) is 13.3 Å². The highest BCUT2D eigenvalue weighted by molar-refractivity contribution is 9.10. The highest BCUT2D eigenvalue weighted by Crippen LogP contribution is 2.27. The van der Waals surface area contributed by atoms with Gasteiger partial charge < -0.3 is 10.1 Å². The Balaban J connectivity index is 1.44.